The van der Waals surface area contributed by atoms with Gasteiger partial charge in [-0.05, 0) is 58.2 Å². The van der Waals surface area contributed by atoms with E-state index in [4.69, 9.17) is 4.99 Å². The molecule has 134 valence electrons. The third-order valence-electron chi connectivity index (χ3n) is 4.94. The third kappa shape index (κ3) is 7.53. The molecular formula is C18H37N5. The molecule has 5 heteroatoms. The fourth-order valence-corrected chi connectivity index (χ4v) is 3.65. The molecule has 2 fully saturated rings. The molecule has 1 atom stereocenters. The number of guanidine groups is 1. The average Bonchev–Trinajstić information content (AvgIpc) is 2.56. The highest BCUT2D eigenvalue weighted by molar-refractivity contribution is 5.79. The normalized spacial score (nSPS) is 24.6. The number of hydrogen-bond acceptors (Lipinski definition) is 3. The highest BCUT2D eigenvalue weighted by Gasteiger charge is 2.15. The second-order valence-electron chi connectivity index (χ2n) is 7.14. The van der Waals surface area contributed by atoms with Crippen molar-refractivity contribution in [1.82, 2.24) is 20.4 Å². The lowest BCUT2D eigenvalue weighted by atomic mass is 10.0. The summed E-state index contributed by atoms with van der Waals surface area (Å²) in [6.07, 6.45) is 6.86. The lowest BCUT2D eigenvalue weighted by molar-refractivity contribution is 0.187. The van der Waals surface area contributed by atoms with Gasteiger partial charge in [0.1, 0.15) is 0 Å². The van der Waals surface area contributed by atoms with E-state index >= 15 is 0 Å². The summed E-state index contributed by atoms with van der Waals surface area (Å²) < 4.78 is 0. The number of likely N-dealkylation sites (tertiary alicyclic amines) is 2. The van der Waals surface area contributed by atoms with E-state index in [9.17, 15) is 0 Å². The van der Waals surface area contributed by atoms with Crippen LogP contribution >= 0.6 is 0 Å². The summed E-state index contributed by atoms with van der Waals surface area (Å²) >= 11 is 0. The maximum atomic E-state index is 4.74. The smallest absolute Gasteiger partial charge is 0.191 e. The molecule has 2 rings (SSSR count). The van der Waals surface area contributed by atoms with Gasteiger partial charge in [-0.3, -0.25) is 4.99 Å². The first-order chi connectivity index (χ1) is 11.3. The molecule has 0 saturated carbocycles. The molecule has 2 N–H and O–H groups in total. The van der Waals surface area contributed by atoms with E-state index in [2.05, 4.69) is 34.3 Å². The quantitative estimate of drug-likeness (QED) is 0.553. The predicted molar refractivity (Wildman–Crippen MR) is 99.1 cm³/mol. The van der Waals surface area contributed by atoms with Crippen LogP contribution in [0.1, 0.15) is 46.0 Å². The minimum Gasteiger partial charge on any atom is -0.357 e. The van der Waals surface area contributed by atoms with E-state index in [0.717, 1.165) is 44.6 Å². The number of nitrogens with zero attached hydrogens (tertiary/aromatic N) is 3. The second kappa shape index (κ2) is 10.9. The SMILES string of the molecule is CCNC(=NCCN1CCCCC1)NCCN1CCCC(C)C1. The van der Waals surface area contributed by atoms with E-state index < -0.39 is 0 Å². The van der Waals surface area contributed by atoms with Crippen molar-refractivity contribution in [2.45, 2.75) is 46.0 Å². The summed E-state index contributed by atoms with van der Waals surface area (Å²) in [6.45, 7) is 14.6. The van der Waals surface area contributed by atoms with Gasteiger partial charge in [0, 0.05) is 32.7 Å². The highest BCUT2D eigenvalue weighted by atomic mass is 15.2. The van der Waals surface area contributed by atoms with Crippen molar-refractivity contribution in [2.24, 2.45) is 10.9 Å². The highest BCUT2D eigenvalue weighted by Crippen LogP contribution is 2.14. The van der Waals surface area contributed by atoms with Crippen molar-refractivity contribution in [3.63, 3.8) is 0 Å². The summed E-state index contributed by atoms with van der Waals surface area (Å²) in [4.78, 5) is 9.87. The van der Waals surface area contributed by atoms with Gasteiger partial charge in [-0.25, -0.2) is 0 Å². The van der Waals surface area contributed by atoms with Gasteiger partial charge >= 0.3 is 0 Å². The fraction of sp³-hybridized carbons (Fsp3) is 0.944. The number of nitrogens with one attached hydrogen (secondary N) is 2. The predicted octanol–water partition coefficient (Wildman–Crippen LogP) is 1.76. The Morgan fingerprint density at radius 2 is 1.78 bits per heavy atom. The van der Waals surface area contributed by atoms with Crippen LogP contribution in [-0.2, 0) is 0 Å². The van der Waals surface area contributed by atoms with E-state index in [-0.39, 0.29) is 0 Å². The maximum Gasteiger partial charge on any atom is 0.191 e. The first kappa shape index (κ1) is 18.5. The van der Waals surface area contributed by atoms with Crippen LogP contribution in [0.25, 0.3) is 0 Å². The molecule has 0 aromatic rings. The molecule has 5 nitrogen and oxygen atoms in total. The zero-order valence-electron chi connectivity index (χ0n) is 15.3. The van der Waals surface area contributed by atoms with Gasteiger partial charge in [0.2, 0.25) is 0 Å². The topological polar surface area (TPSA) is 42.9 Å². The monoisotopic (exact) mass is 323 g/mol. The maximum absolute atomic E-state index is 4.74. The van der Waals surface area contributed by atoms with Crippen LogP contribution in [0.3, 0.4) is 0 Å². The van der Waals surface area contributed by atoms with Crippen LogP contribution in [0.4, 0.5) is 0 Å². The molecule has 2 saturated heterocycles. The van der Waals surface area contributed by atoms with Crippen LogP contribution < -0.4 is 10.6 Å². The second-order valence-corrected chi connectivity index (χ2v) is 7.14. The van der Waals surface area contributed by atoms with Gasteiger partial charge in [-0.15, -0.1) is 0 Å². The minimum atomic E-state index is 0.857. The van der Waals surface area contributed by atoms with Crippen LogP contribution in [0, 0.1) is 5.92 Å². The summed E-state index contributed by atoms with van der Waals surface area (Å²) in [5, 5.41) is 6.87. The van der Waals surface area contributed by atoms with E-state index in [1.165, 1.54) is 58.3 Å². The Balaban J connectivity index is 1.64. The number of piperidine rings is 2. The molecule has 2 aliphatic rings. The van der Waals surface area contributed by atoms with Crippen LogP contribution in [0.15, 0.2) is 4.99 Å². The van der Waals surface area contributed by atoms with Gasteiger partial charge in [0.15, 0.2) is 5.96 Å². The zero-order chi connectivity index (χ0) is 16.3. The lowest BCUT2D eigenvalue weighted by Gasteiger charge is -2.30. The molecular weight excluding hydrogens is 286 g/mol. The van der Waals surface area contributed by atoms with Crippen LogP contribution in [-0.4, -0.2) is 74.7 Å². The van der Waals surface area contributed by atoms with Crippen molar-refractivity contribution < 1.29 is 0 Å². The molecule has 23 heavy (non-hydrogen) atoms. The standard InChI is InChI=1S/C18H37N5/c1-3-19-18(20-9-14-22-11-5-4-6-12-22)21-10-15-23-13-7-8-17(2)16-23/h17H,3-16H2,1-2H3,(H2,19,20,21). The number of aliphatic imine (C=N–C) groups is 1. The first-order valence-electron chi connectivity index (χ1n) is 9.75. The fourth-order valence-electron chi connectivity index (χ4n) is 3.65. The van der Waals surface area contributed by atoms with Crippen molar-refractivity contribution in [3.8, 4) is 0 Å². The van der Waals surface area contributed by atoms with Crippen molar-refractivity contribution in [3.05, 3.63) is 0 Å². The summed E-state index contributed by atoms with van der Waals surface area (Å²) in [5.74, 6) is 1.84. The Morgan fingerprint density at radius 1 is 1.00 bits per heavy atom. The number of hydrogen-bond donors (Lipinski definition) is 2. The Bertz CT molecular complexity index is 338. The first-order valence-corrected chi connectivity index (χ1v) is 9.75. The number of rotatable bonds is 7. The summed E-state index contributed by atoms with van der Waals surface area (Å²) in [6, 6.07) is 0. The van der Waals surface area contributed by atoms with Crippen LogP contribution in [0.2, 0.25) is 0 Å². The molecule has 0 amide bonds. The van der Waals surface area contributed by atoms with Gasteiger partial charge < -0.3 is 20.4 Å². The van der Waals surface area contributed by atoms with Crippen molar-refractivity contribution in [2.75, 3.05) is 58.9 Å². The van der Waals surface area contributed by atoms with E-state index in [0.29, 0.717) is 0 Å². The molecule has 2 aliphatic heterocycles. The van der Waals surface area contributed by atoms with Gasteiger partial charge in [0.25, 0.3) is 0 Å². The molecule has 1 unspecified atom stereocenters. The Hall–Kier alpha value is -0.810. The molecule has 0 aliphatic carbocycles. The van der Waals surface area contributed by atoms with Crippen molar-refractivity contribution in [1.29, 1.82) is 0 Å². The van der Waals surface area contributed by atoms with E-state index in [1.807, 2.05) is 0 Å². The summed E-state index contributed by atoms with van der Waals surface area (Å²) in [7, 11) is 0. The lowest BCUT2D eigenvalue weighted by Crippen LogP contribution is -2.44. The van der Waals surface area contributed by atoms with E-state index in [1.54, 1.807) is 0 Å². The van der Waals surface area contributed by atoms with Crippen LogP contribution in [0.5, 0.6) is 0 Å². The Labute approximate surface area is 142 Å². The molecule has 0 spiro atoms. The molecule has 0 aromatic heterocycles. The molecule has 2 heterocycles. The molecule has 0 aromatic carbocycles. The third-order valence-corrected chi connectivity index (χ3v) is 4.94. The molecule has 0 radical (unpaired) electrons. The Morgan fingerprint density at radius 3 is 2.52 bits per heavy atom. The van der Waals surface area contributed by atoms with Crippen molar-refractivity contribution >= 4 is 5.96 Å². The molecule has 0 bridgehead atoms. The summed E-state index contributed by atoms with van der Waals surface area (Å²) in [5.41, 5.74) is 0. The van der Waals surface area contributed by atoms with Gasteiger partial charge in [-0.1, -0.05) is 13.3 Å². The zero-order valence-corrected chi connectivity index (χ0v) is 15.3. The average molecular weight is 324 g/mol. The Kier molecular flexibility index (Phi) is 8.76. The van der Waals surface area contributed by atoms with Gasteiger partial charge in [0.05, 0.1) is 6.54 Å². The minimum absolute atomic E-state index is 0.857. The van der Waals surface area contributed by atoms with Gasteiger partial charge in [-0.2, -0.15) is 0 Å². The largest absolute Gasteiger partial charge is 0.357 e.